The van der Waals surface area contributed by atoms with E-state index in [9.17, 15) is 19.5 Å². The molecule has 158 valence electrons. The number of pyridine rings is 1. The molecule has 0 atom stereocenters. The number of aliphatic hydroxyl groups excluding tert-OH is 1. The maximum atomic E-state index is 12.7. The molecule has 31 heavy (non-hydrogen) atoms. The number of benzene rings is 1. The van der Waals surface area contributed by atoms with E-state index in [2.05, 4.69) is 10.3 Å². The van der Waals surface area contributed by atoms with Crippen molar-refractivity contribution in [2.24, 2.45) is 0 Å². The number of nitrogens with zero attached hydrogens (tertiary/aromatic N) is 2. The molecule has 0 aliphatic carbocycles. The van der Waals surface area contributed by atoms with Crippen LogP contribution in [0.25, 0.3) is 11.1 Å². The summed E-state index contributed by atoms with van der Waals surface area (Å²) in [7, 11) is 1.57. The Labute approximate surface area is 201 Å². The van der Waals surface area contributed by atoms with E-state index in [1.54, 1.807) is 19.5 Å². The second kappa shape index (κ2) is 10.9. The molecular formula is C21H22N3NaO6. The molecule has 0 saturated carbocycles. The van der Waals surface area contributed by atoms with Crippen LogP contribution in [0.15, 0.2) is 54.1 Å². The molecule has 2 heterocycles. The summed E-state index contributed by atoms with van der Waals surface area (Å²) >= 11 is 0. The Morgan fingerprint density at radius 2 is 1.94 bits per heavy atom. The Kier molecular flexibility index (Phi) is 8.61. The quantitative estimate of drug-likeness (QED) is 0.434. The van der Waals surface area contributed by atoms with E-state index in [0.29, 0.717) is 5.75 Å². The van der Waals surface area contributed by atoms with Gasteiger partial charge in [0.05, 0.1) is 13.3 Å². The zero-order valence-corrected chi connectivity index (χ0v) is 16.3. The molecule has 0 unspecified atom stereocenters. The molecule has 2 amide bonds. The summed E-state index contributed by atoms with van der Waals surface area (Å²) < 4.78 is 5.33. The van der Waals surface area contributed by atoms with Crippen molar-refractivity contribution in [2.45, 2.75) is 13.0 Å². The molecule has 3 rings (SSSR count). The third-order valence-corrected chi connectivity index (χ3v) is 4.68. The van der Waals surface area contributed by atoms with Gasteiger partial charge in [0.15, 0.2) is 0 Å². The van der Waals surface area contributed by atoms with Crippen molar-refractivity contribution in [3.63, 3.8) is 0 Å². The molecule has 3 N–H and O–H groups in total. The number of carboxylic acids is 1. The molecule has 1 aromatic carbocycles. The van der Waals surface area contributed by atoms with Gasteiger partial charge in [-0.2, -0.15) is 0 Å². The Morgan fingerprint density at radius 1 is 1.23 bits per heavy atom. The van der Waals surface area contributed by atoms with Crippen LogP contribution in [-0.2, 0) is 20.9 Å². The van der Waals surface area contributed by atoms with Crippen molar-refractivity contribution in [2.75, 3.05) is 20.2 Å². The molecule has 2 aromatic rings. The van der Waals surface area contributed by atoms with Crippen LogP contribution < -0.4 is 10.1 Å². The van der Waals surface area contributed by atoms with Crippen LogP contribution >= 0.6 is 0 Å². The Morgan fingerprint density at radius 3 is 2.58 bits per heavy atom. The average molecular weight is 435 g/mol. The van der Waals surface area contributed by atoms with Gasteiger partial charge in [-0.1, -0.05) is 24.3 Å². The number of carbonyl (C=O) groups is 3. The molecule has 0 spiro atoms. The Hall–Kier alpha value is -2.88. The number of nitrogens with one attached hydrogen (secondary N) is 1. The zero-order chi connectivity index (χ0) is 21.7. The number of aliphatic carboxylic acids is 1. The van der Waals surface area contributed by atoms with Crippen molar-refractivity contribution >= 4 is 47.3 Å². The van der Waals surface area contributed by atoms with Gasteiger partial charge in [0.1, 0.15) is 23.6 Å². The number of carbonyl (C=O) groups excluding carboxylic acids is 2. The van der Waals surface area contributed by atoms with Gasteiger partial charge >= 0.3 is 35.5 Å². The number of aromatic nitrogens is 1. The summed E-state index contributed by atoms with van der Waals surface area (Å²) in [5.41, 5.74) is 2.24. The molecule has 0 radical (unpaired) electrons. The third-order valence-electron chi connectivity index (χ3n) is 4.68. The van der Waals surface area contributed by atoms with Crippen LogP contribution in [0.5, 0.6) is 5.75 Å². The topological polar surface area (TPSA) is 129 Å². The first-order valence-electron chi connectivity index (χ1n) is 9.19. The minimum atomic E-state index is -1.24. The summed E-state index contributed by atoms with van der Waals surface area (Å²) in [5.74, 6) is -2.46. The number of amides is 2. The average Bonchev–Trinajstić information content (AvgIpc) is 2.75. The summed E-state index contributed by atoms with van der Waals surface area (Å²) in [6.07, 6.45) is 3.42. The Bertz CT molecular complexity index is 1010. The number of carboxylic acid groups (broad SMARTS) is 1. The summed E-state index contributed by atoms with van der Waals surface area (Å²) in [6, 6.07) is 9.37. The monoisotopic (exact) mass is 435 g/mol. The van der Waals surface area contributed by atoms with E-state index >= 15 is 0 Å². The van der Waals surface area contributed by atoms with Crippen LogP contribution in [0.2, 0.25) is 0 Å². The standard InChI is InChI=1S/C21H21N3O6.Na.H/c1-30-17-10-22-8-6-15(17)14-4-2-13(3-5-14)12-24-9-7-16(25)19(21(24)29)20(28)23-11-18(26)27;;/h2-6,8,10,25H,7,9,11-12H2,1H3,(H,23,28)(H,26,27);;. The Balaban J connectivity index is 0.00000341. The summed E-state index contributed by atoms with van der Waals surface area (Å²) in [5, 5.41) is 20.8. The fourth-order valence-corrected chi connectivity index (χ4v) is 3.16. The first kappa shape index (κ1) is 24.4. The second-order valence-corrected chi connectivity index (χ2v) is 6.65. The molecule has 1 aromatic heterocycles. The summed E-state index contributed by atoms with van der Waals surface area (Å²) in [6.45, 7) is -0.140. The summed E-state index contributed by atoms with van der Waals surface area (Å²) in [4.78, 5) is 40.9. The van der Waals surface area contributed by atoms with E-state index in [4.69, 9.17) is 9.84 Å². The van der Waals surface area contributed by atoms with Gasteiger partial charge in [-0.25, -0.2) is 0 Å². The molecule has 0 bridgehead atoms. The molecule has 9 nitrogen and oxygen atoms in total. The zero-order valence-electron chi connectivity index (χ0n) is 16.3. The maximum absolute atomic E-state index is 12.7. The van der Waals surface area contributed by atoms with Gasteiger partial charge in [0.25, 0.3) is 11.8 Å². The van der Waals surface area contributed by atoms with E-state index in [0.717, 1.165) is 16.7 Å². The van der Waals surface area contributed by atoms with E-state index in [-0.39, 0.29) is 54.8 Å². The molecule has 0 fully saturated rings. The predicted molar refractivity (Wildman–Crippen MR) is 114 cm³/mol. The van der Waals surface area contributed by atoms with Gasteiger partial charge in [0, 0.05) is 31.3 Å². The molecular weight excluding hydrogens is 413 g/mol. The molecule has 0 saturated heterocycles. The number of rotatable bonds is 7. The van der Waals surface area contributed by atoms with Crippen LogP contribution in [-0.4, -0.2) is 87.6 Å². The van der Waals surface area contributed by atoms with E-state index < -0.39 is 29.9 Å². The number of hydrogen-bond acceptors (Lipinski definition) is 6. The fourth-order valence-electron chi connectivity index (χ4n) is 3.16. The normalized spacial score (nSPS) is 13.5. The molecule has 1 aliphatic rings. The van der Waals surface area contributed by atoms with Crippen molar-refractivity contribution in [1.29, 1.82) is 0 Å². The van der Waals surface area contributed by atoms with Gasteiger partial charge in [-0.3, -0.25) is 19.4 Å². The number of ether oxygens (including phenoxy) is 1. The van der Waals surface area contributed by atoms with E-state index in [1.165, 1.54) is 4.90 Å². The van der Waals surface area contributed by atoms with Crippen LogP contribution in [0.1, 0.15) is 12.0 Å². The second-order valence-electron chi connectivity index (χ2n) is 6.65. The van der Waals surface area contributed by atoms with Gasteiger partial charge < -0.3 is 25.2 Å². The van der Waals surface area contributed by atoms with Crippen molar-refractivity contribution in [1.82, 2.24) is 15.2 Å². The first-order chi connectivity index (χ1) is 14.4. The van der Waals surface area contributed by atoms with Gasteiger partial charge in [-0.05, 0) is 17.2 Å². The first-order valence-corrected chi connectivity index (χ1v) is 9.19. The van der Waals surface area contributed by atoms with Crippen LogP contribution in [0.3, 0.4) is 0 Å². The molecule has 10 heteroatoms. The van der Waals surface area contributed by atoms with Crippen molar-refractivity contribution in [3.8, 4) is 16.9 Å². The minimum absolute atomic E-state index is 0. The number of hydrogen-bond donors (Lipinski definition) is 3. The predicted octanol–water partition coefficient (Wildman–Crippen LogP) is 0.854. The van der Waals surface area contributed by atoms with E-state index in [1.807, 2.05) is 30.3 Å². The van der Waals surface area contributed by atoms with Crippen molar-refractivity contribution < 1.29 is 29.3 Å². The number of methoxy groups -OCH3 is 1. The fraction of sp³-hybridized carbons (Fsp3) is 0.238. The molecule has 1 aliphatic heterocycles. The van der Waals surface area contributed by atoms with Gasteiger partial charge in [-0.15, -0.1) is 0 Å². The van der Waals surface area contributed by atoms with Crippen LogP contribution in [0.4, 0.5) is 0 Å². The van der Waals surface area contributed by atoms with Crippen LogP contribution in [0, 0.1) is 0 Å². The van der Waals surface area contributed by atoms with Gasteiger partial charge in [0.2, 0.25) is 0 Å². The number of aliphatic hydroxyl groups is 1. The SMILES string of the molecule is COc1cnccc1-c1ccc(CN2CCC(O)=C(C(=O)NCC(=O)O)C2=O)cc1.[NaH]. The third kappa shape index (κ3) is 5.84. The van der Waals surface area contributed by atoms with Crippen molar-refractivity contribution in [3.05, 3.63) is 59.6 Å².